The lowest BCUT2D eigenvalue weighted by Crippen LogP contribution is -2.43. The largest absolute Gasteiger partial charge is 0.325 e. The van der Waals surface area contributed by atoms with E-state index < -0.39 is 0 Å². The van der Waals surface area contributed by atoms with Crippen molar-refractivity contribution in [2.75, 3.05) is 0 Å². The topological polar surface area (TPSA) is 50.9 Å². The number of nitrogens with two attached hydrogens (primary N) is 1. The molecule has 0 bridgehead atoms. The number of nitrogens with one attached hydrogen (secondary N) is 1. The highest BCUT2D eigenvalue weighted by molar-refractivity contribution is 7.09. The van der Waals surface area contributed by atoms with Crippen molar-refractivity contribution in [2.45, 2.75) is 58.7 Å². The molecule has 3 nitrogen and oxygen atoms in total. The molecule has 0 fully saturated rings. The molecule has 0 amide bonds. The minimum atomic E-state index is 0.270. The summed E-state index contributed by atoms with van der Waals surface area (Å²) in [4.78, 5) is 4.47. The summed E-state index contributed by atoms with van der Waals surface area (Å²) in [6.07, 6.45) is 3.48. The average molecular weight is 241 g/mol. The van der Waals surface area contributed by atoms with Crippen molar-refractivity contribution in [1.29, 1.82) is 0 Å². The molecule has 0 unspecified atom stereocenters. The number of hydrogen-bond acceptors (Lipinski definition) is 4. The lowest BCUT2D eigenvalue weighted by atomic mass is 9.90. The fourth-order valence-electron chi connectivity index (χ4n) is 1.93. The quantitative estimate of drug-likeness (QED) is 0.771. The number of thiazole rings is 1. The van der Waals surface area contributed by atoms with Gasteiger partial charge in [0.05, 0.1) is 5.69 Å². The highest BCUT2D eigenvalue weighted by atomic mass is 32.1. The van der Waals surface area contributed by atoms with E-state index in [0.29, 0.717) is 6.54 Å². The van der Waals surface area contributed by atoms with Crippen molar-refractivity contribution >= 4 is 11.3 Å². The van der Waals surface area contributed by atoms with Gasteiger partial charge in [-0.2, -0.15) is 0 Å². The molecule has 0 saturated heterocycles. The van der Waals surface area contributed by atoms with Gasteiger partial charge in [-0.1, -0.05) is 20.8 Å². The average Bonchev–Trinajstić information content (AvgIpc) is 2.80. The number of nitrogens with zero attached hydrogens (tertiary/aromatic N) is 1. The standard InChI is InChI=1S/C12H23N3S/c1-4-12(5-2,6-3)14-8-10-9-16-11(7-13)15-10/h9,14H,4-8,13H2,1-3H3. The summed E-state index contributed by atoms with van der Waals surface area (Å²) in [7, 11) is 0. The summed E-state index contributed by atoms with van der Waals surface area (Å²) in [5.41, 5.74) is 6.94. The molecule has 0 aliphatic rings. The Kier molecular flexibility index (Phi) is 5.38. The fraction of sp³-hybridized carbons (Fsp3) is 0.750. The Hall–Kier alpha value is -0.450. The van der Waals surface area contributed by atoms with E-state index in [1.807, 2.05) is 0 Å². The molecule has 16 heavy (non-hydrogen) atoms. The number of rotatable bonds is 7. The molecule has 0 spiro atoms. The first-order valence-electron chi connectivity index (χ1n) is 6.08. The molecular weight excluding hydrogens is 218 g/mol. The summed E-state index contributed by atoms with van der Waals surface area (Å²) in [5, 5.41) is 6.76. The lowest BCUT2D eigenvalue weighted by molar-refractivity contribution is 0.287. The maximum Gasteiger partial charge on any atom is 0.106 e. The molecule has 0 aliphatic heterocycles. The van der Waals surface area contributed by atoms with Crippen LogP contribution in [0.4, 0.5) is 0 Å². The van der Waals surface area contributed by atoms with E-state index >= 15 is 0 Å². The van der Waals surface area contributed by atoms with Crippen molar-refractivity contribution in [3.63, 3.8) is 0 Å². The smallest absolute Gasteiger partial charge is 0.106 e. The first-order chi connectivity index (χ1) is 7.69. The van der Waals surface area contributed by atoms with Crippen LogP contribution in [0.15, 0.2) is 5.38 Å². The van der Waals surface area contributed by atoms with E-state index in [0.717, 1.165) is 36.5 Å². The zero-order valence-corrected chi connectivity index (χ0v) is 11.4. The zero-order valence-electron chi connectivity index (χ0n) is 10.5. The Morgan fingerprint density at radius 2 is 1.94 bits per heavy atom. The van der Waals surface area contributed by atoms with Crippen molar-refractivity contribution in [2.24, 2.45) is 5.73 Å². The summed E-state index contributed by atoms with van der Waals surface area (Å²) < 4.78 is 0. The van der Waals surface area contributed by atoms with Gasteiger partial charge < -0.3 is 11.1 Å². The second-order valence-electron chi connectivity index (χ2n) is 4.13. The van der Waals surface area contributed by atoms with Crippen LogP contribution >= 0.6 is 11.3 Å². The van der Waals surface area contributed by atoms with E-state index in [1.165, 1.54) is 0 Å². The maximum absolute atomic E-state index is 5.55. The minimum absolute atomic E-state index is 0.270. The van der Waals surface area contributed by atoms with Crippen LogP contribution in [-0.4, -0.2) is 10.5 Å². The van der Waals surface area contributed by atoms with Crippen LogP contribution in [0.5, 0.6) is 0 Å². The Morgan fingerprint density at radius 3 is 2.38 bits per heavy atom. The Balaban J connectivity index is 2.55. The monoisotopic (exact) mass is 241 g/mol. The molecule has 0 radical (unpaired) electrons. The van der Waals surface area contributed by atoms with Crippen molar-refractivity contribution < 1.29 is 0 Å². The van der Waals surface area contributed by atoms with Crippen LogP contribution < -0.4 is 11.1 Å². The Morgan fingerprint density at radius 1 is 1.31 bits per heavy atom. The molecular formula is C12H23N3S. The van der Waals surface area contributed by atoms with Crippen LogP contribution in [0.1, 0.15) is 50.7 Å². The summed E-state index contributed by atoms with van der Waals surface area (Å²) in [6, 6.07) is 0. The molecule has 1 aromatic rings. The van der Waals surface area contributed by atoms with Crippen molar-refractivity contribution in [3.05, 3.63) is 16.1 Å². The van der Waals surface area contributed by atoms with E-state index in [2.05, 4.69) is 36.5 Å². The van der Waals surface area contributed by atoms with E-state index in [-0.39, 0.29) is 5.54 Å². The van der Waals surface area contributed by atoms with Gasteiger partial charge >= 0.3 is 0 Å². The van der Waals surface area contributed by atoms with Gasteiger partial charge in [0.1, 0.15) is 5.01 Å². The van der Waals surface area contributed by atoms with Gasteiger partial charge in [0.2, 0.25) is 0 Å². The molecule has 0 saturated carbocycles. The van der Waals surface area contributed by atoms with Crippen LogP contribution in [-0.2, 0) is 13.1 Å². The first kappa shape index (κ1) is 13.6. The summed E-state index contributed by atoms with van der Waals surface area (Å²) in [5.74, 6) is 0. The second-order valence-corrected chi connectivity index (χ2v) is 5.07. The van der Waals surface area contributed by atoms with Gasteiger partial charge in [0, 0.05) is 24.0 Å². The molecule has 1 aromatic heterocycles. The van der Waals surface area contributed by atoms with Gasteiger partial charge in [-0.3, -0.25) is 0 Å². The molecule has 1 rings (SSSR count). The minimum Gasteiger partial charge on any atom is -0.325 e. The fourth-order valence-corrected chi connectivity index (χ4v) is 2.60. The molecule has 1 heterocycles. The van der Waals surface area contributed by atoms with Gasteiger partial charge in [0.25, 0.3) is 0 Å². The van der Waals surface area contributed by atoms with Crippen LogP contribution in [0.25, 0.3) is 0 Å². The van der Waals surface area contributed by atoms with Crippen LogP contribution in [0.3, 0.4) is 0 Å². The second kappa shape index (κ2) is 6.33. The predicted octanol–water partition coefficient (Wildman–Crippen LogP) is 2.66. The zero-order chi connectivity index (χ0) is 12.0. The van der Waals surface area contributed by atoms with Crippen LogP contribution in [0, 0.1) is 0 Å². The van der Waals surface area contributed by atoms with E-state index in [4.69, 9.17) is 5.73 Å². The third-order valence-corrected chi connectivity index (χ3v) is 4.37. The maximum atomic E-state index is 5.55. The van der Waals surface area contributed by atoms with E-state index in [9.17, 15) is 0 Å². The van der Waals surface area contributed by atoms with Gasteiger partial charge in [0.15, 0.2) is 0 Å². The Labute approximate surface area is 102 Å². The van der Waals surface area contributed by atoms with Gasteiger partial charge in [-0.15, -0.1) is 11.3 Å². The predicted molar refractivity (Wildman–Crippen MR) is 70.4 cm³/mol. The number of hydrogen-bond donors (Lipinski definition) is 2. The van der Waals surface area contributed by atoms with Gasteiger partial charge in [-0.25, -0.2) is 4.98 Å². The number of aromatic nitrogens is 1. The Bertz CT molecular complexity index is 297. The third kappa shape index (κ3) is 3.27. The highest BCUT2D eigenvalue weighted by Crippen LogP contribution is 2.20. The van der Waals surface area contributed by atoms with Crippen molar-refractivity contribution in [3.8, 4) is 0 Å². The summed E-state index contributed by atoms with van der Waals surface area (Å²) in [6.45, 7) is 8.13. The molecule has 3 N–H and O–H groups in total. The van der Waals surface area contributed by atoms with Gasteiger partial charge in [-0.05, 0) is 19.3 Å². The molecule has 0 aliphatic carbocycles. The molecule has 92 valence electrons. The van der Waals surface area contributed by atoms with E-state index in [1.54, 1.807) is 11.3 Å². The molecule has 0 aromatic carbocycles. The molecule has 0 atom stereocenters. The molecule has 4 heteroatoms. The highest BCUT2D eigenvalue weighted by Gasteiger charge is 2.22. The summed E-state index contributed by atoms with van der Waals surface area (Å²) >= 11 is 1.65. The first-order valence-corrected chi connectivity index (χ1v) is 6.96. The van der Waals surface area contributed by atoms with Crippen molar-refractivity contribution in [1.82, 2.24) is 10.3 Å². The van der Waals surface area contributed by atoms with Crippen LogP contribution in [0.2, 0.25) is 0 Å². The third-order valence-electron chi connectivity index (χ3n) is 3.45. The normalized spacial score (nSPS) is 12.0. The lowest BCUT2D eigenvalue weighted by Gasteiger charge is -2.31. The SMILES string of the molecule is CCC(CC)(CC)NCc1csc(CN)n1.